The molecule has 2 atom stereocenters. The van der Waals surface area contributed by atoms with Gasteiger partial charge in [-0.3, -0.25) is 4.79 Å². The van der Waals surface area contributed by atoms with Crippen molar-refractivity contribution in [1.29, 1.82) is 0 Å². The molecular weight excluding hydrogens is 338 g/mol. The van der Waals surface area contributed by atoms with E-state index in [0.717, 1.165) is 22.1 Å². The van der Waals surface area contributed by atoms with Crippen LogP contribution in [0.2, 0.25) is 0 Å². The summed E-state index contributed by atoms with van der Waals surface area (Å²) in [6.45, 7) is 3.91. The highest BCUT2D eigenvalue weighted by Crippen LogP contribution is 2.23. The van der Waals surface area contributed by atoms with Crippen molar-refractivity contribution < 1.29 is 14.3 Å². The lowest BCUT2D eigenvalue weighted by atomic mass is 10.1. The second kappa shape index (κ2) is 8.58. The molecule has 0 fully saturated rings. The molecule has 0 radical (unpaired) electrons. The molecule has 0 bridgehead atoms. The summed E-state index contributed by atoms with van der Waals surface area (Å²) in [7, 11) is 1.64. The van der Waals surface area contributed by atoms with Crippen LogP contribution < -0.4 is 14.8 Å². The number of methoxy groups -OCH3 is 1. The molecule has 0 spiro atoms. The van der Waals surface area contributed by atoms with Crippen LogP contribution in [0.15, 0.2) is 66.7 Å². The molecular formula is C23H25NO3. The van der Waals surface area contributed by atoms with Crippen LogP contribution in [0.3, 0.4) is 0 Å². The number of hydrogen-bond donors (Lipinski definition) is 1. The van der Waals surface area contributed by atoms with Gasteiger partial charge in [-0.05, 0) is 53.9 Å². The lowest BCUT2D eigenvalue weighted by Gasteiger charge is -2.21. The van der Waals surface area contributed by atoms with Gasteiger partial charge in [0.2, 0.25) is 0 Å². The standard InChI is InChI=1S/C23H25NO3/c1-4-22(27-21-14-11-18-7-5-6-8-19(18)15-21)23(25)24-16(2)17-9-12-20(26-3)13-10-17/h5-16,22H,4H2,1-3H3,(H,24,25)/t16-,22-/m0/s1. The van der Waals surface area contributed by atoms with E-state index in [2.05, 4.69) is 11.4 Å². The zero-order valence-corrected chi connectivity index (χ0v) is 15.9. The molecule has 27 heavy (non-hydrogen) atoms. The van der Waals surface area contributed by atoms with Crippen molar-refractivity contribution >= 4 is 16.7 Å². The number of carbonyl (C=O) groups is 1. The van der Waals surface area contributed by atoms with Crippen molar-refractivity contribution in [3.8, 4) is 11.5 Å². The predicted octanol–water partition coefficient (Wildman–Crippen LogP) is 4.88. The Balaban J connectivity index is 1.67. The third kappa shape index (κ3) is 4.59. The Morgan fingerprint density at radius 2 is 1.63 bits per heavy atom. The van der Waals surface area contributed by atoms with Crippen LogP contribution in [0, 0.1) is 0 Å². The highest BCUT2D eigenvalue weighted by atomic mass is 16.5. The predicted molar refractivity (Wildman–Crippen MR) is 108 cm³/mol. The lowest BCUT2D eigenvalue weighted by Crippen LogP contribution is -2.39. The highest BCUT2D eigenvalue weighted by molar-refractivity contribution is 5.84. The Hall–Kier alpha value is -3.01. The SMILES string of the molecule is CC[C@H](Oc1ccc2ccccc2c1)C(=O)N[C@@H](C)c1ccc(OC)cc1. The van der Waals surface area contributed by atoms with Crippen LogP contribution in [0.1, 0.15) is 31.9 Å². The Morgan fingerprint density at radius 3 is 2.30 bits per heavy atom. The van der Waals surface area contributed by atoms with Gasteiger partial charge < -0.3 is 14.8 Å². The van der Waals surface area contributed by atoms with Crippen LogP contribution in [-0.4, -0.2) is 19.1 Å². The number of benzene rings is 3. The van der Waals surface area contributed by atoms with Crippen LogP contribution in [0.25, 0.3) is 10.8 Å². The second-order valence-corrected chi connectivity index (χ2v) is 6.53. The molecule has 1 N–H and O–H groups in total. The van der Waals surface area contributed by atoms with Crippen molar-refractivity contribution in [1.82, 2.24) is 5.32 Å². The molecule has 140 valence electrons. The van der Waals surface area contributed by atoms with Crippen LogP contribution in [0.5, 0.6) is 11.5 Å². The summed E-state index contributed by atoms with van der Waals surface area (Å²) in [5, 5.41) is 5.28. The summed E-state index contributed by atoms with van der Waals surface area (Å²) < 4.78 is 11.1. The molecule has 3 aromatic carbocycles. The summed E-state index contributed by atoms with van der Waals surface area (Å²) in [5.74, 6) is 1.38. The zero-order chi connectivity index (χ0) is 19.2. The molecule has 1 amide bonds. The minimum Gasteiger partial charge on any atom is -0.497 e. The topological polar surface area (TPSA) is 47.6 Å². The normalized spacial score (nSPS) is 13.0. The van der Waals surface area contributed by atoms with E-state index in [-0.39, 0.29) is 11.9 Å². The van der Waals surface area contributed by atoms with E-state index in [9.17, 15) is 4.79 Å². The smallest absolute Gasteiger partial charge is 0.261 e. The zero-order valence-electron chi connectivity index (χ0n) is 15.9. The molecule has 0 unspecified atom stereocenters. The number of rotatable bonds is 7. The summed E-state index contributed by atoms with van der Waals surface area (Å²) >= 11 is 0. The minimum atomic E-state index is -0.535. The monoisotopic (exact) mass is 363 g/mol. The molecule has 0 aliphatic carbocycles. The quantitative estimate of drug-likeness (QED) is 0.650. The van der Waals surface area contributed by atoms with E-state index in [1.54, 1.807) is 7.11 Å². The van der Waals surface area contributed by atoms with Crippen LogP contribution in [-0.2, 0) is 4.79 Å². The van der Waals surface area contributed by atoms with Crippen LogP contribution in [0.4, 0.5) is 0 Å². The van der Waals surface area contributed by atoms with Crippen molar-refractivity contribution in [2.75, 3.05) is 7.11 Å². The van der Waals surface area contributed by atoms with Gasteiger partial charge in [0.15, 0.2) is 6.10 Å². The maximum Gasteiger partial charge on any atom is 0.261 e. The van der Waals surface area contributed by atoms with Gasteiger partial charge in [-0.25, -0.2) is 0 Å². The third-order valence-corrected chi connectivity index (χ3v) is 4.64. The first-order valence-electron chi connectivity index (χ1n) is 9.20. The number of amides is 1. The van der Waals surface area contributed by atoms with Crippen molar-refractivity contribution in [2.24, 2.45) is 0 Å². The Kier molecular flexibility index (Phi) is 5.97. The molecule has 3 rings (SSSR count). The van der Waals surface area contributed by atoms with Crippen molar-refractivity contribution in [3.05, 3.63) is 72.3 Å². The first kappa shape index (κ1) is 18.8. The molecule has 3 aromatic rings. The fourth-order valence-corrected chi connectivity index (χ4v) is 3.01. The van der Waals surface area contributed by atoms with Gasteiger partial charge in [0, 0.05) is 0 Å². The number of nitrogens with one attached hydrogen (secondary N) is 1. The minimum absolute atomic E-state index is 0.113. The summed E-state index contributed by atoms with van der Waals surface area (Å²) in [6.07, 6.45) is 0.0559. The molecule has 4 nitrogen and oxygen atoms in total. The summed E-state index contributed by atoms with van der Waals surface area (Å²) in [5.41, 5.74) is 1.02. The van der Waals surface area contributed by atoms with Gasteiger partial charge >= 0.3 is 0 Å². The Labute approximate surface area is 160 Å². The van der Waals surface area contributed by atoms with E-state index in [1.807, 2.05) is 74.5 Å². The fraction of sp³-hybridized carbons (Fsp3) is 0.261. The molecule has 0 saturated heterocycles. The van der Waals surface area contributed by atoms with E-state index in [4.69, 9.17) is 9.47 Å². The van der Waals surface area contributed by atoms with Crippen molar-refractivity contribution in [2.45, 2.75) is 32.4 Å². The van der Waals surface area contributed by atoms with Gasteiger partial charge in [-0.2, -0.15) is 0 Å². The summed E-state index contributed by atoms with van der Waals surface area (Å²) in [4.78, 5) is 12.7. The van der Waals surface area contributed by atoms with Gasteiger partial charge in [-0.1, -0.05) is 49.4 Å². The highest BCUT2D eigenvalue weighted by Gasteiger charge is 2.21. The summed E-state index contributed by atoms with van der Waals surface area (Å²) in [6, 6.07) is 21.6. The van der Waals surface area contributed by atoms with E-state index < -0.39 is 6.10 Å². The van der Waals surface area contributed by atoms with Gasteiger partial charge in [0.1, 0.15) is 11.5 Å². The largest absolute Gasteiger partial charge is 0.497 e. The van der Waals surface area contributed by atoms with E-state index >= 15 is 0 Å². The average molecular weight is 363 g/mol. The fourth-order valence-electron chi connectivity index (χ4n) is 3.01. The molecule has 4 heteroatoms. The average Bonchev–Trinajstić information content (AvgIpc) is 2.71. The number of ether oxygens (including phenoxy) is 2. The third-order valence-electron chi connectivity index (χ3n) is 4.64. The Morgan fingerprint density at radius 1 is 0.963 bits per heavy atom. The van der Waals surface area contributed by atoms with Crippen LogP contribution >= 0.6 is 0 Å². The molecule has 0 aliphatic heterocycles. The number of hydrogen-bond acceptors (Lipinski definition) is 3. The second-order valence-electron chi connectivity index (χ2n) is 6.53. The molecule has 0 saturated carbocycles. The van der Waals surface area contributed by atoms with E-state index in [1.165, 1.54) is 0 Å². The Bertz CT molecular complexity index is 905. The number of fused-ring (bicyclic) bond motifs is 1. The maximum atomic E-state index is 12.7. The van der Waals surface area contributed by atoms with E-state index in [0.29, 0.717) is 12.2 Å². The maximum absolute atomic E-state index is 12.7. The molecule has 0 aliphatic rings. The van der Waals surface area contributed by atoms with Gasteiger partial charge in [0.05, 0.1) is 13.2 Å². The van der Waals surface area contributed by atoms with Gasteiger partial charge in [0.25, 0.3) is 5.91 Å². The molecule has 0 aromatic heterocycles. The first-order chi connectivity index (χ1) is 13.1. The van der Waals surface area contributed by atoms with Crippen molar-refractivity contribution in [3.63, 3.8) is 0 Å². The lowest BCUT2D eigenvalue weighted by molar-refractivity contribution is -0.128. The first-order valence-corrected chi connectivity index (χ1v) is 9.20. The number of carbonyl (C=O) groups excluding carboxylic acids is 1. The molecule has 0 heterocycles. The van der Waals surface area contributed by atoms with Gasteiger partial charge in [-0.15, -0.1) is 0 Å².